The highest BCUT2D eigenvalue weighted by Crippen LogP contribution is 2.27. The van der Waals surface area contributed by atoms with Crippen molar-refractivity contribution in [3.63, 3.8) is 0 Å². The highest BCUT2D eigenvalue weighted by molar-refractivity contribution is 6.36. The van der Waals surface area contributed by atoms with Crippen molar-refractivity contribution < 1.29 is 9.53 Å². The maximum atomic E-state index is 12.6. The van der Waals surface area contributed by atoms with Crippen LogP contribution in [0.5, 0.6) is 0 Å². The molecule has 3 aromatic rings. The van der Waals surface area contributed by atoms with Gasteiger partial charge in [0.15, 0.2) is 0 Å². The Labute approximate surface area is 239 Å². The lowest BCUT2D eigenvalue weighted by molar-refractivity contribution is -0.152. The molecule has 0 radical (unpaired) electrons. The van der Waals surface area contributed by atoms with Gasteiger partial charge < -0.3 is 21.1 Å². The van der Waals surface area contributed by atoms with Gasteiger partial charge in [0.25, 0.3) is 0 Å². The molecule has 1 saturated heterocycles. The third-order valence-electron chi connectivity index (χ3n) is 7.64. The van der Waals surface area contributed by atoms with E-state index in [1.54, 1.807) is 6.20 Å². The number of aromatic nitrogens is 2. The zero-order chi connectivity index (χ0) is 27.2. The van der Waals surface area contributed by atoms with E-state index in [1.165, 1.54) is 0 Å². The molecule has 2 aromatic carbocycles. The number of carbonyl (C=O) groups is 1. The minimum atomic E-state index is -0.243. The fourth-order valence-electron chi connectivity index (χ4n) is 5.41. The third-order valence-corrected chi connectivity index (χ3v) is 8.35. The molecule has 39 heavy (non-hydrogen) atoms. The molecule has 1 aliphatic heterocycles. The van der Waals surface area contributed by atoms with Crippen LogP contribution >= 0.6 is 23.2 Å². The zero-order valence-corrected chi connectivity index (χ0v) is 23.5. The molecular formula is C30H35Cl2N5O2. The zero-order valence-electron chi connectivity index (χ0n) is 22.0. The van der Waals surface area contributed by atoms with Gasteiger partial charge in [0.2, 0.25) is 0 Å². The van der Waals surface area contributed by atoms with Gasteiger partial charge in [0, 0.05) is 28.2 Å². The Hall–Kier alpha value is -2.71. The fourth-order valence-corrected chi connectivity index (χ4v) is 6.00. The van der Waals surface area contributed by atoms with Crippen LogP contribution in [0.15, 0.2) is 48.7 Å². The van der Waals surface area contributed by atoms with E-state index >= 15 is 0 Å². The Morgan fingerprint density at radius 1 is 1.08 bits per heavy atom. The Balaban J connectivity index is 1.19. The molecule has 7 nitrogen and oxygen atoms in total. The molecule has 0 bridgehead atoms. The van der Waals surface area contributed by atoms with Crippen molar-refractivity contribution in [2.24, 2.45) is 0 Å². The predicted octanol–water partition coefficient (Wildman–Crippen LogP) is 5.51. The number of rotatable bonds is 9. The monoisotopic (exact) mass is 567 g/mol. The van der Waals surface area contributed by atoms with E-state index in [0.29, 0.717) is 35.2 Å². The van der Waals surface area contributed by atoms with Crippen LogP contribution in [0, 0.1) is 0 Å². The van der Waals surface area contributed by atoms with Gasteiger partial charge in [-0.3, -0.25) is 4.79 Å². The number of piperidine rings is 1. The molecule has 1 aliphatic carbocycles. The first-order valence-electron chi connectivity index (χ1n) is 13.8. The third kappa shape index (κ3) is 7.28. The SMILES string of the molecule is Nc1ncc(-c2cccc(CNC3CCN[C@@H](C(=O)OC4CCCC4)C3)c2)nc1CCc1c(Cl)cccc1Cl. The van der Waals surface area contributed by atoms with Crippen molar-refractivity contribution >= 4 is 35.0 Å². The Bertz CT molecular complexity index is 1280. The van der Waals surface area contributed by atoms with E-state index in [1.807, 2.05) is 30.3 Å². The quantitative estimate of drug-likeness (QED) is 0.293. The summed E-state index contributed by atoms with van der Waals surface area (Å²) in [6.45, 7) is 1.49. The summed E-state index contributed by atoms with van der Waals surface area (Å²) in [4.78, 5) is 21.9. The number of esters is 1. The summed E-state index contributed by atoms with van der Waals surface area (Å²) in [5.41, 5.74) is 10.6. The summed E-state index contributed by atoms with van der Waals surface area (Å²) in [7, 11) is 0. The van der Waals surface area contributed by atoms with E-state index in [2.05, 4.69) is 27.8 Å². The Morgan fingerprint density at radius 3 is 2.64 bits per heavy atom. The molecule has 2 heterocycles. The van der Waals surface area contributed by atoms with Crippen LogP contribution in [0.2, 0.25) is 10.0 Å². The molecule has 0 amide bonds. The van der Waals surface area contributed by atoms with E-state index < -0.39 is 0 Å². The molecule has 5 rings (SSSR count). The lowest BCUT2D eigenvalue weighted by atomic mass is 9.99. The molecule has 2 aliphatic rings. The molecular weight excluding hydrogens is 533 g/mol. The van der Waals surface area contributed by atoms with Crippen molar-refractivity contribution in [1.29, 1.82) is 0 Å². The van der Waals surface area contributed by atoms with Crippen molar-refractivity contribution in [2.45, 2.75) is 76.1 Å². The molecule has 1 saturated carbocycles. The first-order chi connectivity index (χ1) is 19.0. The standard InChI is InChI=1S/C30H35Cl2N5O2/c31-24-9-4-10-25(32)23(24)11-12-26-29(33)36-18-28(37-26)20-6-3-5-19(15-20)17-35-21-13-14-34-27(16-21)30(38)39-22-7-1-2-8-22/h3-6,9-10,15,18,21-22,27,34-35H,1-2,7-8,11-14,16-17H2,(H2,33,36)/t21?,27-/m1/s1. The van der Waals surface area contributed by atoms with Gasteiger partial charge >= 0.3 is 5.97 Å². The van der Waals surface area contributed by atoms with Crippen molar-refractivity contribution in [2.75, 3.05) is 12.3 Å². The summed E-state index contributed by atoms with van der Waals surface area (Å²) in [5, 5.41) is 8.24. The second-order valence-corrected chi connectivity index (χ2v) is 11.3. The second kappa shape index (κ2) is 13.1. The van der Waals surface area contributed by atoms with Gasteiger partial charge in [-0.15, -0.1) is 0 Å². The summed E-state index contributed by atoms with van der Waals surface area (Å²) in [6.07, 6.45) is 9.00. The average molecular weight is 569 g/mol. The van der Waals surface area contributed by atoms with Crippen molar-refractivity contribution in [1.82, 2.24) is 20.6 Å². The summed E-state index contributed by atoms with van der Waals surface area (Å²) in [5.74, 6) is 0.302. The van der Waals surface area contributed by atoms with Gasteiger partial charge in [-0.05, 0) is 87.2 Å². The molecule has 1 unspecified atom stereocenters. The number of benzene rings is 2. The van der Waals surface area contributed by atoms with Crippen LogP contribution < -0.4 is 16.4 Å². The van der Waals surface area contributed by atoms with Crippen LogP contribution in [-0.4, -0.2) is 40.7 Å². The largest absolute Gasteiger partial charge is 0.461 e. The van der Waals surface area contributed by atoms with Gasteiger partial charge in [-0.2, -0.15) is 0 Å². The van der Waals surface area contributed by atoms with E-state index in [4.69, 9.17) is 38.7 Å². The average Bonchev–Trinajstić information content (AvgIpc) is 3.46. The topological polar surface area (TPSA) is 102 Å². The number of aryl methyl sites for hydroxylation is 1. The highest BCUT2D eigenvalue weighted by atomic mass is 35.5. The molecule has 206 valence electrons. The number of carbonyl (C=O) groups excluding carboxylic acids is 1. The Kier molecular flexibility index (Phi) is 9.35. The van der Waals surface area contributed by atoms with Gasteiger partial charge in [0.05, 0.1) is 17.6 Å². The maximum Gasteiger partial charge on any atom is 0.323 e. The minimum absolute atomic E-state index is 0.0984. The van der Waals surface area contributed by atoms with Crippen LogP contribution in [0.25, 0.3) is 11.3 Å². The maximum absolute atomic E-state index is 12.6. The number of ether oxygens (including phenoxy) is 1. The smallest absolute Gasteiger partial charge is 0.323 e. The van der Waals surface area contributed by atoms with E-state index in [9.17, 15) is 4.79 Å². The van der Waals surface area contributed by atoms with E-state index in [0.717, 1.165) is 73.1 Å². The first kappa shape index (κ1) is 27.8. The molecule has 4 N–H and O–H groups in total. The second-order valence-electron chi connectivity index (χ2n) is 10.4. The number of nitrogens with two attached hydrogens (primary N) is 1. The minimum Gasteiger partial charge on any atom is -0.461 e. The van der Waals surface area contributed by atoms with Crippen molar-refractivity contribution in [3.05, 3.63) is 75.5 Å². The normalized spacial score (nSPS) is 19.7. The predicted molar refractivity (Wildman–Crippen MR) is 156 cm³/mol. The number of halogens is 2. The number of nitrogen functional groups attached to an aromatic ring is 1. The summed E-state index contributed by atoms with van der Waals surface area (Å²) < 4.78 is 5.73. The van der Waals surface area contributed by atoms with E-state index in [-0.39, 0.29) is 24.2 Å². The lowest BCUT2D eigenvalue weighted by Gasteiger charge is -2.30. The number of nitrogens with one attached hydrogen (secondary N) is 2. The molecule has 2 atom stereocenters. The lowest BCUT2D eigenvalue weighted by Crippen LogP contribution is -2.50. The summed E-state index contributed by atoms with van der Waals surface area (Å²) in [6, 6.07) is 13.8. The first-order valence-corrected chi connectivity index (χ1v) is 14.5. The van der Waals surface area contributed by atoms with Gasteiger partial charge in [0.1, 0.15) is 18.0 Å². The Morgan fingerprint density at radius 2 is 1.85 bits per heavy atom. The number of anilines is 1. The van der Waals surface area contributed by atoms with Crippen LogP contribution in [-0.2, 0) is 28.9 Å². The van der Waals surface area contributed by atoms with Crippen molar-refractivity contribution in [3.8, 4) is 11.3 Å². The van der Waals surface area contributed by atoms with Crippen LogP contribution in [0.3, 0.4) is 0 Å². The molecule has 2 fully saturated rings. The van der Waals surface area contributed by atoms with Crippen LogP contribution in [0.1, 0.15) is 55.3 Å². The summed E-state index contributed by atoms with van der Waals surface area (Å²) >= 11 is 12.7. The number of nitrogens with zero attached hydrogens (tertiary/aromatic N) is 2. The van der Waals surface area contributed by atoms with Gasteiger partial charge in [-0.1, -0.05) is 47.5 Å². The molecule has 1 aromatic heterocycles. The number of hydrogen-bond acceptors (Lipinski definition) is 7. The highest BCUT2D eigenvalue weighted by Gasteiger charge is 2.30. The van der Waals surface area contributed by atoms with Crippen LogP contribution in [0.4, 0.5) is 5.82 Å². The number of hydrogen-bond donors (Lipinski definition) is 3. The molecule has 0 spiro atoms. The molecule has 9 heteroatoms. The fraction of sp³-hybridized carbons (Fsp3) is 0.433. The van der Waals surface area contributed by atoms with Gasteiger partial charge in [-0.25, -0.2) is 9.97 Å².